The highest BCUT2D eigenvalue weighted by Crippen LogP contribution is 2.22. The zero-order valence-electron chi connectivity index (χ0n) is 22.5. The van der Waals surface area contributed by atoms with Gasteiger partial charge in [-0.25, -0.2) is 0 Å². The second-order valence-electron chi connectivity index (χ2n) is 10.0. The normalized spacial score (nSPS) is 14.4. The number of halogens is 1. The number of thioether (sulfide) groups is 1. The van der Waals surface area contributed by atoms with Gasteiger partial charge in [0.15, 0.2) is 0 Å². The van der Waals surface area contributed by atoms with Gasteiger partial charge in [-0.1, -0.05) is 89.8 Å². The van der Waals surface area contributed by atoms with Gasteiger partial charge in [0.2, 0.25) is 11.8 Å². The van der Waals surface area contributed by atoms with Crippen molar-refractivity contribution in [1.29, 1.82) is 0 Å². The summed E-state index contributed by atoms with van der Waals surface area (Å²) in [4.78, 5) is 29.4. The van der Waals surface area contributed by atoms with Crippen LogP contribution in [0.15, 0.2) is 83.3 Å². The minimum atomic E-state index is -0.591. The smallest absolute Gasteiger partial charge is 0.243 e. The Balaban J connectivity index is 1.54. The Hall–Kier alpha value is -2.77. The lowest BCUT2D eigenvalue weighted by Crippen LogP contribution is -2.53. The predicted octanol–water partition coefficient (Wildman–Crippen LogP) is 6.78. The fourth-order valence-corrected chi connectivity index (χ4v) is 6.08. The molecule has 3 aromatic rings. The van der Waals surface area contributed by atoms with Gasteiger partial charge in [0, 0.05) is 29.2 Å². The summed E-state index contributed by atoms with van der Waals surface area (Å²) in [6, 6.07) is 25.5. The van der Waals surface area contributed by atoms with Crippen LogP contribution in [0, 0.1) is 0 Å². The highest BCUT2D eigenvalue weighted by atomic mass is 79.9. The largest absolute Gasteiger partial charge is 0.497 e. The van der Waals surface area contributed by atoms with Crippen LogP contribution < -0.4 is 10.1 Å². The molecule has 7 heteroatoms. The summed E-state index contributed by atoms with van der Waals surface area (Å²) in [5.74, 6) is 1.73. The van der Waals surface area contributed by atoms with E-state index in [4.69, 9.17) is 4.74 Å². The lowest BCUT2D eigenvalue weighted by molar-refractivity contribution is -0.139. The van der Waals surface area contributed by atoms with E-state index in [1.807, 2.05) is 78.9 Å². The Morgan fingerprint density at radius 2 is 1.59 bits per heavy atom. The lowest BCUT2D eigenvalue weighted by atomic mass is 9.94. The first-order valence-corrected chi connectivity index (χ1v) is 15.6. The zero-order valence-corrected chi connectivity index (χ0v) is 24.9. The van der Waals surface area contributed by atoms with Gasteiger partial charge < -0.3 is 15.0 Å². The van der Waals surface area contributed by atoms with Gasteiger partial charge in [0.1, 0.15) is 11.8 Å². The highest BCUT2D eigenvalue weighted by Gasteiger charge is 2.31. The van der Waals surface area contributed by atoms with E-state index in [2.05, 4.69) is 21.2 Å². The van der Waals surface area contributed by atoms with Crippen LogP contribution in [0.3, 0.4) is 0 Å². The van der Waals surface area contributed by atoms with Crippen LogP contribution in [0.25, 0.3) is 0 Å². The minimum absolute atomic E-state index is 0.0313. The van der Waals surface area contributed by atoms with E-state index in [1.54, 1.807) is 23.8 Å². The molecular formula is C32H37BrN2O3S. The summed E-state index contributed by atoms with van der Waals surface area (Å²) in [5, 5.41) is 3.30. The molecule has 3 aromatic carbocycles. The SMILES string of the molecule is COc1ccc(CSCC(=O)N(Cc2ccc(Br)cc2)[C@@H](Cc2ccccc2)C(=O)NC2CCCCC2)cc1. The van der Waals surface area contributed by atoms with Crippen LogP contribution in [0.5, 0.6) is 5.75 Å². The molecule has 0 aromatic heterocycles. The van der Waals surface area contributed by atoms with E-state index in [0.29, 0.717) is 24.5 Å². The Kier molecular flexibility index (Phi) is 11.3. The number of hydrogen-bond donors (Lipinski definition) is 1. The topological polar surface area (TPSA) is 58.6 Å². The van der Waals surface area contributed by atoms with Gasteiger partial charge in [-0.15, -0.1) is 11.8 Å². The van der Waals surface area contributed by atoms with E-state index in [1.165, 1.54) is 6.42 Å². The third-order valence-electron chi connectivity index (χ3n) is 7.14. The number of hydrogen-bond acceptors (Lipinski definition) is 4. The predicted molar refractivity (Wildman–Crippen MR) is 163 cm³/mol. The molecule has 0 unspecified atom stereocenters. The van der Waals surface area contributed by atoms with Crippen molar-refractivity contribution in [2.45, 2.75) is 62.9 Å². The minimum Gasteiger partial charge on any atom is -0.497 e. The number of methoxy groups -OCH3 is 1. The molecule has 1 saturated carbocycles. The third-order valence-corrected chi connectivity index (χ3v) is 8.66. The molecule has 39 heavy (non-hydrogen) atoms. The molecule has 0 radical (unpaired) electrons. The molecular weight excluding hydrogens is 572 g/mol. The number of nitrogens with one attached hydrogen (secondary N) is 1. The van der Waals surface area contributed by atoms with Crippen LogP contribution in [-0.4, -0.2) is 41.7 Å². The Bertz CT molecular complexity index is 1180. The molecule has 5 nitrogen and oxygen atoms in total. The Morgan fingerprint density at radius 1 is 0.923 bits per heavy atom. The number of carbonyl (C=O) groups excluding carboxylic acids is 2. The molecule has 1 aliphatic rings. The first-order chi connectivity index (χ1) is 19.0. The van der Waals surface area contributed by atoms with Crippen molar-refractivity contribution >= 4 is 39.5 Å². The summed E-state index contributed by atoms with van der Waals surface area (Å²) >= 11 is 5.07. The van der Waals surface area contributed by atoms with Gasteiger partial charge in [0.05, 0.1) is 12.9 Å². The van der Waals surface area contributed by atoms with E-state index in [0.717, 1.165) is 52.6 Å². The maximum absolute atomic E-state index is 13.8. The van der Waals surface area contributed by atoms with Crippen molar-refractivity contribution < 1.29 is 14.3 Å². The van der Waals surface area contributed by atoms with Gasteiger partial charge in [-0.2, -0.15) is 0 Å². The first-order valence-electron chi connectivity index (χ1n) is 13.6. The maximum atomic E-state index is 13.8. The van der Waals surface area contributed by atoms with E-state index >= 15 is 0 Å². The van der Waals surface area contributed by atoms with E-state index in [-0.39, 0.29) is 17.9 Å². The van der Waals surface area contributed by atoms with Crippen molar-refractivity contribution in [3.05, 3.63) is 100 Å². The summed E-state index contributed by atoms with van der Waals surface area (Å²) in [7, 11) is 1.65. The standard InChI is InChI=1S/C32H37BrN2O3S/c1-38-29-18-14-26(15-19-29)22-39-23-31(36)35(21-25-12-16-27(33)17-13-25)30(20-24-8-4-2-5-9-24)32(37)34-28-10-6-3-7-11-28/h2,4-5,8-9,12-19,28,30H,3,6-7,10-11,20-23H2,1H3,(H,34,37)/t30-/m0/s1. The first kappa shape index (κ1) is 29.2. The van der Waals surface area contributed by atoms with Crippen LogP contribution >= 0.6 is 27.7 Å². The molecule has 1 aliphatic carbocycles. The zero-order chi connectivity index (χ0) is 27.5. The number of nitrogens with zero attached hydrogens (tertiary/aromatic N) is 1. The van der Waals surface area contributed by atoms with Crippen LogP contribution in [0.1, 0.15) is 48.8 Å². The Labute approximate surface area is 244 Å². The fraction of sp³-hybridized carbons (Fsp3) is 0.375. The molecule has 1 atom stereocenters. The number of amides is 2. The third kappa shape index (κ3) is 9.14. The molecule has 0 spiro atoms. The summed E-state index contributed by atoms with van der Waals surface area (Å²) in [6.45, 7) is 0.380. The number of rotatable bonds is 12. The van der Waals surface area contributed by atoms with Crippen molar-refractivity contribution in [2.75, 3.05) is 12.9 Å². The van der Waals surface area contributed by atoms with Gasteiger partial charge in [-0.3, -0.25) is 9.59 Å². The average molecular weight is 610 g/mol. The van der Waals surface area contributed by atoms with E-state index in [9.17, 15) is 9.59 Å². The summed E-state index contributed by atoms with van der Waals surface area (Å²) in [5.41, 5.74) is 3.17. The van der Waals surface area contributed by atoms with Gasteiger partial charge in [-0.05, 0) is 53.8 Å². The second kappa shape index (κ2) is 15.1. The molecule has 206 valence electrons. The number of ether oxygens (including phenoxy) is 1. The monoisotopic (exact) mass is 608 g/mol. The quantitative estimate of drug-likeness (QED) is 0.246. The number of benzene rings is 3. The molecule has 0 bridgehead atoms. The molecule has 4 rings (SSSR count). The molecule has 0 heterocycles. The molecule has 2 amide bonds. The van der Waals surface area contributed by atoms with Gasteiger partial charge >= 0.3 is 0 Å². The number of carbonyl (C=O) groups is 2. The average Bonchev–Trinajstić information content (AvgIpc) is 2.97. The maximum Gasteiger partial charge on any atom is 0.243 e. The van der Waals surface area contributed by atoms with Crippen molar-refractivity contribution in [3.63, 3.8) is 0 Å². The van der Waals surface area contributed by atoms with Gasteiger partial charge in [0.25, 0.3) is 0 Å². The Morgan fingerprint density at radius 3 is 2.26 bits per heavy atom. The van der Waals surface area contributed by atoms with Crippen LogP contribution in [-0.2, 0) is 28.3 Å². The van der Waals surface area contributed by atoms with Crippen molar-refractivity contribution in [1.82, 2.24) is 10.2 Å². The lowest BCUT2D eigenvalue weighted by Gasteiger charge is -2.33. The van der Waals surface area contributed by atoms with Crippen molar-refractivity contribution in [2.24, 2.45) is 0 Å². The fourth-order valence-electron chi connectivity index (χ4n) is 4.95. The second-order valence-corrected chi connectivity index (χ2v) is 11.9. The van der Waals surface area contributed by atoms with E-state index < -0.39 is 6.04 Å². The molecule has 0 saturated heterocycles. The molecule has 1 N–H and O–H groups in total. The van der Waals surface area contributed by atoms with Crippen molar-refractivity contribution in [3.8, 4) is 5.75 Å². The molecule has 0 aliphatic heterocycles. The summed E-state index contributed by atoms with van der Waals surface area (Å²) < 4.78 is 6.23. The summed E-state index contributed by atoms with van der Waals surface area (Å²) in [6.07, 6.45) is 5.98. The molecule has 1 fully saturated rings. The van der Waals surface area contributed by atoms with Crippen LogP contribution in [0.2, 0.25) is 0 Å². The highest BCUT2D eigenvalue weighted by molar-refractivity contribution is 9.10. The van der Waals surface area contributed by atoms with Crippen LogP contribution in [0.4, 0.5) is 0 Å².